The number of hydrogen-bond donors (Lipinski definition) is 0. The Morgan fingerprint density at radius 1 is 1.57 bits per heavy atom. The molecule has 0 spiro atoms. The fourth-order valence-electron chi connectivity index (χ4n) is 0. The first-order valence-corrected chi connectivity index (χ1v) is 2.54. The van der Waals surface area contributed by atoms with Crippen molar-refractivity contribution < 1.29 is 1.37 Å². The van der Waals surface area contributed by atoms with Gasteiger partial charge in [0.2, 0.25) is 0 Å². The molecule has 0 atom stereocenters. The third-order valence-corrected chi connectivity index (χ3v) is 1.18. The van der Waals surface area contributed by atoms with E-state index in [-0.39, 0.29) is 5.41 Å². The summed E-state index contributed by atoms with van der Waals surface area (Å²) >= 11 is 0. The Hall–Kier alpha value is -0.260. The van der Waals surface area contributed by atoms with Crippen molar-refractivity contribution in [3.8, 4) is 0 Å². The van der Waals surface area contributed by atoms with E-state index < -0.39 is 0 Å². The highest BCUT2D eigenvalue weighted by Crippen LogP contribution is 2.21. The summed E-state index contributed by atoms with van der Waals surface area (Å²) in [6, 6.07) is 0. The number of hydrogen-bond acceptors (Lipinski definition) is 0. The molecule has 42 valence electrons. The largest absolute Gasteiger partial charge is 0.0996 e. The van der Waals surface area contributed by atoms with Crippen LogP contribution in [0.15, 0.2) is 12.1 Å². The van der Waals surface area contributed by atoms with Gasteiger partial charge in [-0.15, -0.1) is 0 Å². The monoisotopic (exact) mass is 100 g/mol. The van der Waals surface area contributed by atoms with Crippen LogP contribution in [0.3, 0.4) is 0 Å². The summed E-state index contributed by atoms with van der Waals surface area (Å²) in [5.74, 6) is 0. The van der Waals surface area contributed by atoms with Crippen LogP contribution in [0.5, 0.6) is 0 Å². The van der Waals surface area contributed by atoms with E-state index in [9.17, 15) is 0 Å². The molecule has 0 saturated carbocycles. The van der Waals surface area contributed by atoms with Crippen LogP contribution in [0.4, 0.5) is 0 Å². The van der Waals surface area contributed by atoms with E-state index in [2.05, 4.69) is 20.8 Å². The first kappa shape index (κ1) is 4.89. The van der Waals surface area contributed by atoms with Crippen molar-refractivity contribution in [3.63, 3.8) is 0 Å². The van der Waals surface area contributed by atoms with Crippen LogP contribution < -0.4 is 0 Å². The fourth-order valence-corrected chi connectivity index (χ4v) is 0. The molecule has 0 bridgehead atoms. The Bertz CT molecular complexity index is 95.4. The highest BCUT2D eigenvalue weighted by molar-refractivity contribution is 4.99. The average molecular weight is 100 g/mol. The maximum absolute atomic E-state index is 6.90. The lowest BCUT2D eigenvalue weighted by atomic mass is 9.89. The van der Waals surface area contributed by atoms with E-state index in [0.717, 1.165) is 5.57 Å². The molecule has 0 N–H and O–H groups in total. The second-order valence-electron chi connectivity index (χ2n) is 2.93. The zero-order valence-electron chi connectivity index (χ0n) is 6.58. The van der Waals surface area contributed by atoms with Crippen molar-refractivity contribution in [1.29, 1.82) is 0 Å². The molecular formula is C7H14. The molecule has 0 saturated heterocycles. The van der Waals surface area contributed by atoms with Crippen molar-refractivity contribution in [2.45, 2.75) is 27.7 Å². The van der Waals surface area contributed by atoms with Gasteiger partial charge in [-0.2, -0.15) is 0 Å². The van der Waals surface area contributed by atoms with Gasteiger partial charge in [0, 0.05) is 0 Å². The van der Waals surface area contributed by atoms with Crippen LogP contribution in [0.25, 0.3) is 0 Å². The third kappa shape index (κ3) is 2.44. The Morgan fingerprint density at radius 2 is 2.00 bits per heavy atom. The molecule has 0 amide bonds. The molecule has 0 fully saturated rings. The smallest absolute Gasteiger partial charge is 0.0537 e. The molecular weight excluding hydrogens is 84.1 g/mol. The quantitative estimate of drug-likeness (QED) is 0.410. The van der Waals surface area contributed by atoms with Gasteiger partial charge in [0.25, 0.3) is 0 Å². The van der Waals surface area contributed by atoms with Gasteiger partial charge in [-0.1, -0.05) is 32.9 Å². The van der Waals surface area contributed by atoms with Gasteiger partial charge in [0.05, 0.1) is 1.37 Å². The Kier molecular flexibility index (Phi) is 1.18. The topological polar surface area (TPSA) is 0 Å². The lowest BCUT2D eigenvalue weighted by Crippen LogP contribution is -2.04. The molecule has 7 heavy (non-hydrogen) atoms. The minimum Gasteiger partial charge on any atom is -0.0996 e. The van der Waals surface area contributed by atoms with Gasteiger partial charge in [-0.05, 0) is 12.3 Å². The third-order valence-electron chi connectivity index (χ3n) is 1.18. The molecule has 0 aromatic heterocycles. The van der Waals surface area contributed by atoms with Gasteiger partial charge in [0.1, 0.15) is 0 Å². The SMILES string of the molecule is [3H]C=C(C)C(C)(C)C. The van der Waals surface area contributed by atoms with Crippen molar-refractivity contribution in [3.05, 3.63) is 12.1 Å². The van der Waals surface area contributed by atoms with Crippen LogP contribution in [0.1, 0.15) is 29.1 Å². The standard InChI is InChI=1S/C7H14/c1-6(2)7(3,4)5/h1H2,2-5H3/i1T. The van der Waals surface area contributed by atoms with E-state index in [1.165, 1.54) is 6.55 Å². The van der Waals surface area contributed by atoms with Crippen LogP contribution in [0, 0.1) is 5.41 Å². The van der Waals surface area contributed by atoms with Crippen LogP contribution >= 0.6 is 0 Å². The summed E-state index contributed by atoms with van der Waals surface area (Å²) < 4.78 is 6.90. The maximum atomic E-state index is 6.90. The van der Waals surface area contributed by atoms with E-state index >= 15 is 0 Å². The highest BCUT2D eigenvalue weighted by Gasteiger charge is 2.08. The molecule has 0 aromatic carbocycles. The maximum Gasteiger partial charge on any atom is 0.0537 e. The highest BCUT2D eigenvalue weighted by atomic mass is 14.1. The first-order valence-electron chi connectivity index (χ1n) is 3.12. The molecule has 0 heteroatoms. The van der Waals surface area contributed by atoms with Gasteiger partial charge in [-0.25, -0.2) is 0 Å². The Balaban J connectivity index is 4.03. The summed E-state index contributed by atoms with van der Waals surface area (Å²) in [5.41, 5.74) is 1.30. The summed E-state index contributed by atoms with van der Waals surface area (Å²) in [7, 11) is 0. The van der Waals surface area contributed by atoms with Crippen molar-refractivity contribution >= 4 is 0 Å². The summed E-state index contributed by atoms with van der Waals surface area (Å²) in [5, 5.41) is 0. The predicted molar refractivity (Wildman–Crippen MR) is 34.3 cm³/mol. The molecule has 0 aliphatic carbocycles. The molecule has 0 unspecified atom stereocenters. The normalized spacial score (nSPS) is 16.6. The van der Waals surface area contributed by atoms with Crippen molar-refractivity contribution in [2.24, 2.45) is 5.41 Å². The second kappa shape index (κ2) is 1.69. The molecule has 0 heterocycles. The molecule has 0 rings (SSSR count). The van der Waals surface area contributed by atoms with Crippen molar-refractivity contribution in [2.75, 3.05) is 0 Å². The van der Waals surface area contributed by atoms with E-state index in [4.69, 9.17) is 1.37 Å². The van der Waals surface area contributed by atoms with Crippen LogP contribution in [0.2, 0.25) is 0 Å². The van der Waals surface area contributed by atoms with Crippen molar-refractivity contribution in [1.82, 2.24) is 0 Å². The summed E-state index contributed by atoms with van der Waals surface area (Å²) in [4.78, 5) is 0. The molecule has 0 aromatic rings. The second-order valence-corrected chi connectivity index (χ2v) is 2.93. The van der Waals surface area contributed by atoms with E-state index in [0.29, 0.717) is 0 Å². The van der Waals surface area contributed by atoms with E-state index in [1.54, 1.807) is 0 Å². The minimum absolute atomic E-state index is 0.182. The number of rotatable bonds is 0. The average Bonchev–Trinajstić information content (AvgIpc) is 1.62. The molecule has 0 radical (unpaired) electrons. The zero-order valence-corrected chi connectivity index (χ0v) is 5.58. The summed E-state index contributed by atoms with van der Waals surface area (Å²) in [6.45, 7) is 9.71. The zero-order chi connectivity index (χ0) is 6.78. The Morgan fingerprint density at radius 3 is 2.00 bits per heavy atom. The predicted octanol–water partition coefficient (Wildman–Crippen LogP) is 2.61. The lowest BCUT2D eigenvalue weighted by Gasteiger charge is -2.16. The summed E-state index contributed by atoms with van der Waals surface area (Å²) in [6.07, 6.45) is 0. The number of allylic oxidation sites excluding steroid dienone is 1. The molecule has 0 nitrogen and oxygen atoms in total. The Labute approximate surface area is 47.6 Å². The van der Waals surface area contributed by atoms with Gasteiger partial charge >= 0.3 is 0 Å². The van der Waals surface area contributed by atoms with E-state index in [1.807, 2.05) is 6.92 Å². The molecule has 0 aliphatic rings. The minimum atomic E-state index is 0.182. The fraction of sp³-hybridized carbons (Fsp3) is 0.714. The van der Waals surface area contributed by atoms with Crippen LogP contribution in [-0.2, 0) is 0 Å². The van der Waals surface area contributed by atoms with Gasteiger partial charge < -0.3 is 0 Å². The first-order chi connectivity index (χ1) is 3.48. The lowest BCUT2D eigenvalue weighted by molar-refractivity contribution is 0.506. The molecule has 0 aliphatic heterocycles. The van der Waals surface area contributed by atoms with Gasteiger partial charge in [0.15, 0.2) is 0 Å². The van der Waals surface area contributed by atoms with Crippen LogP contribution in [-0.4, -0.2) is 0 Å². The van der Waals surface area contributed by atoms with Gasteiger partial charge in [-0.3, -0.25) is 0 Å².